The average molecular weight is 264 g/mol. The number of benzene rings is 1. The highest BCUT2D eigenvalue weighted by atomic mass is 16.4. The fraction of sp³-hybridized carbons (Fsp3) is 0.500. The van der Waals surface area contributed by atoms with E-state index in [-0.39, 0.29) is 5.78 Å². The topological polar surface area (TPSA) is 54.4 Å². The number of Topliss-reactive ketones (excluding diaryl/α,β-unsaturated/α-hetero) is 1. The maximum Gasteiger partial charge on any atom is 0.310 e. The van der Waals surface area contributed by atoms with Crippen LogP contribution in [0.15, 0.2) is 24.3 Å². The SMILES string of the molecule is CC(C)=O.CC(C)Cc1ccc(C(C)C(=O)O)cc1. The summed E-state index contributed by atoms with van der Waals surface area (Å²) in [5.74, 6) is -0.391. The molecular weight excluding hydrogens is 240 g/mol. The maximum absolute atomic E-state index is 10.8. The second kappa shape index (κ2) is 8.46. The number of ketones is 1. The van der Waals surface area contributed by atoms with Gasteiger partial charge in [0.05, 0.1) is 5.92 Å². The zero-order chi connectivity index (χ0) is 15.0. The number of carboxylic acid groups (broad SMARTS) is 1. The van der Waals surface area contributed by atoms with E-state index in [1.54, 1.807) is 6.92 Å². The van der Waals surface area contributed by atoms with Crippen molar-refractivity contribution in [3.8, 4) is 0 Å². The molecule has 0 aromatic heterocycles. The summed E-state index contributed by atoms with van der Waals surface area (Å²) in [5, 5.41) is 8.85. The van der Waals surface area contributed by atoms with Gasteiger partial charge in [-0.3, -0.25) is 4.79 Å². The van der Waals surface area contributed by atoms with E-state index in [0.29, 0.717) is 5.92 Å². The first-order valence-corrected chi connectivity index (χ1v) is 6.52. The van der Waals surface area contributed by atoms with E-state index in [1.165, 1.54) is 19.4 Å². The molecular formula is C16H24O3. The van der Waals surface area contributed by atoms with Crippen molar-refractivity contribution in [2.24, 2.45) is 5.92 Å². The van der Waals surface area contributed by atoms with Crippen LogP contribution in [0.4, 0.5) is 0 Å². The number of hydrogen-bond acceptors (Lipinski definition) is 2. The van der Waals surface area contributed by atoms with E-state index in [0.717, 1.165) is 12.0 Å². The van der Waals surface area contributed by atoms with Crippen molar-refractivity contribution in [1.29, 1.82) is 0 Å². The quantitative estimate of drug-likeness (QED) is 0.902. The Morgan fingerprint density at radius 3 is 1.79 bits per heavy atom. The highest BCUT2D eigenvalue weighted by molar-refractivity contribution is 5.75. The van der Waals surface area contributed by atoms with Crippen molar-refractivity contribution in [2.45, 2.75) is 47.0 Å². The lowest BCUT2D eigenvalue weighted by Gasteiger charge is -2.09. The van der Waals surface area contributed by atoms with Crippen molar-refractivity contribution in [2.75, 3.05) is 0 Å². The summed E-state index contributed by atoms with van der Waals surface area (Å²) in [5.41, 5.74) is 2.14. The first kappa shape index (κ1) is 17.4. The zero-order valence-corrected chi connectivity index (χ0v) is 12.4. The van der Waals surface area contributed by atoms with Gasteiger partial charge in [0.1, 0.15) is 5.78 Å². The van der Waals surface area contributed by atoms with Crippen LogP contribution in [0.1, 0.15) is 51.7 Å². The third-order valence-corrected chi connectivity index (χ3v) is 2.49. The first-order valence-electron chi connectivity index (χ1n) is 6.52. The number of aliphatic carboxylic acids is 1. The minimum atomic E-state index is -0.772. The summed E-state index contributed by atoms with van der Waals surface area (Å²) in [4.78, 5) is 20.2. The minimum Gasteiger partial charge on any atom is -0.481 e. The Kier molecular flexibility index (Phi) is 7.73. The molecule has 0 bridgehead atoms. The van der Waals surface area contributed by atoms with E-state index in [4.69, 9.17) is 5.11 Å². The number of carbonyl (C=O) groups excluding carboxylic acids is 1. The van der Waals surface area contributed by atoms with Gasteiger partial charge in [-0.1, -0.05) is 38.1 Å². The minimum absolute atomic E-state index is 0.167. The molecule has 1 atom stereocenters. The Morgan fingerprint density at radius 1 is 1.05 bits per heavy atom. The molecule has 3 heteroatoms. The van der Waals surface area contributed by atoms with Crippen molar-refractivity contribution >= 4 is 11.8 Å². The number of rotatable bonds is 4. The molecule has 0 saturated carbocycles. The van der Waals surface area contributed by atoms with E-state index in [9.17, 15) is 9.59 Å². The smallest absolute Gasteiger partial charge is 0.310 e. The van der Waals surface area contributed by atoms with Crippen molar-refractivity contribution in [3.63, 3.8) is 0 Å². The Balaban J connectivity index is 0.000000711. The molecule has 0 amide bonds. The molecule has 0 fully saturated rings. The van der Waals surface area contributed by atoms with Crippen molar-refractivity contribution in [1.82, 2.24) is 0 Å². The molecule has 1 aromatic rings. The molecule has 3 nitrogen and oxygen atoms in total. The third kappa shape index (κ3) is 8.14. The fourth-order valence-corrected chi connectivity index (χ4v) is 1.56. The van der Waals surface area contributed by atoms with E-state index in [2.05, 4.69) is 13.8 Å². The van der Waals surface area contributed by atoms with E-state index < -0.39 is 11.9 Å². The van der Waals surface area contributed by atoms with Gasteiger partial charge in [-0.05, 0) is 44.2 Å². The van der Waals surface area contributed by atoms with Crippen LogP contribution in [-0.2, 0) is 16.0 Å². The van der Waals surface area contributed by atoms with Crippen LogP contribution in [0.2, 0.25) is 0 Å². The highest BCUT2D eigenvalue weighted by Gasteiger charge is 2.12. The molecule has 19 heavy (non-hydrogen) atoms. The Morgan fingerprint density at radius 2 is 1.47 bits per heavy atom. The molecule has 106 valence electrons. The predicted octanol–water partition coefficient (Wildman–Crippen LogP) is 3.67. The lowest BCUT2D eigenvalue weighted by molar-refractivity contribution is -0.138. The lowest BCUT2D eigenvalue weighted by Crippen LogP contribution is -2.07. The molecule has 1 N–H and O–H groups in total. The predicted molar refractivity (Wildman–Crippen MR) is 77.4 cm³/mol. The van der Waals surface area contributed by atoms with Crippen molar-refractivity contribution < 1.29 is 14.7 Å². The molecule has 0 heterocycles. The molecule has 0 aliphatic rings. The zero-order valence-electron chi connectivity index (χ0n) is 12.4. The van der Waals surface area contributed by atoms with Gasteiger partial charge >= 0.3 is 5.97 Å². The fourth-order valence-electron chi connectivity index (χ4n) is 1.56. The van der Waals surface area contributed by atoms with Crippen LogP contribution in [0.5, 0.6) is 0 Å². The van der Waals surface area contributed by atoms with Gasteiger partial charge in [0.25, 0.3) is 0 Å². The number of carboxylic acids is 1. The summed E-state index contributed by atoms with van der Waals surface area (Å²) in [6.45, 7) is 9.11. The third-order valence-electron chi connectivity index (χ3n) is 2.49. The summed E-state index contributed by atoms with van der Waals surface area (Å²) < 4.78 is 0. The Labute approximate surface area is 115 Å². The Hall–Kier alpha value is -1.64. The normalized spacial score (nSPS) is 11.5. The second-order valence-electron chi connectivity index (χ2n) is 5.31. The van der Waals surface area contributed by atoms with Gasteiger partial charge in [-0.2, -0.15) is 0 Å². The molecule has 1 unspecified atom stereocenters. The molecule has 0 aliphatic heterocycles. The summed E-state index contributed by atoms with van der Waals surface area (Å²) in [6, 6.07) is 7.87. The molecule has 1 rings (SSSR count). The molecule has 0 radical (unpaired) electrons. The number of hydrogen-bond donors (Lipinski definition) is 1. The van der Waals surface area contributed by atoms with Crippen LogP contribution in [-0.4, -0.2) is 16.9 Å². The Bertz CT molecular complexity index is 401. The molecule has 0 aliphatic carbocycles. The number of carbonyl (C=O) groups is 2. The highest BCUT2D eigenvalue weighted by Crippen LogP contribution is 2.17. The maximum atomic E-state index is 10.8. The largest absolute Gasteiger partial charge is 0.481 e. The van der Waals surface area contributed by atoms with Gasteiger partial charge in [-0.15, -0.1) is 0 Å². The van der Waals surface area contributed by atoms with Crippen LogP contribution in [0.3, 0.4) is 0 Å². The average Bonchev–Trinajstić information content (AvgIpc) is 2.27. The first-order chi connectivity index (χ1) is 8.73. The van der Waals surface area contributed by atoms with E-state index >= 15 is 0 Å². The van der Waals surface area contributed by atoms with Gasteiger partial charge in [0, 0.05) is 0 Å². The van der Waals surface area contributed by atoms with Gasteiger partial charge < -0.3 is 9.90 Å². The lowest BCUT2D eigenvalue weighted by atomic mass is 9.97. The molecule has 1 aromatic carbocycles. The summed E-state index contributed by atoms with van der Waals surface area (Å²) in [7, 11) is 0. The summed E-state index contributed by atoms with van der Waals surface area (Å²) in [6.07, 6.45) is 1.04. The van der Waals surface area contributed by atoms with Crippen LogP contribution in [0.25, 0.3) is 0 Å². The van der Waals surface area contributed by atoms with Gasteiger partial charge in [0.15, 0.2) is 0 Å². The van der Waals surface area contributed by atoms with E-state index in [1.807, 2.05) is 24.3 Å². The molecule has 0 saturated heterocycles. The van der Waals surface area contributed by atoms with Crippen LogP contribution < -0.4 is 0 Å². The van der Waals surface area contributed by atoms with Crippen LogP contribution in [0, 0.1) is 5.92 Å². The van der Waals surface area contributed by atoms with Crippen LogP contribution >= 0.6 is 0 Å². The van der Waals surface area contributed by atoms with Gasteiger partial charge in [0.2, 0.25) is 0 Å². The molecule has 0 spiro atoms. The monoisotopic (exact) mass is 264 g/mol. The van der Waals surface area contributed by atoms with Gasteiger partial charge in [-0.25, -0.2) is 0 Å². The standard InChI is InChI=1S/C13H18O2.C3H6O/c1-9(2)8-11-4-6-12(7-5-11)10(3)13(14)15;1-3(2)4/h4-7,9-10H,8H2,1-3H3,(H,14,15);1-2H3. The van der Waals surface area contributed by atoms with Crippen molar-refractivity contribution in [3.05, 3.63) is 35.4 Å². The second-order valence-corrected chi connectivity index (χ2v) is 5.31. The summed E-state index contributed by atoms with van der Waals surface area (Å²) >= 11 is 0.